The summed E-state index contributed by atoms with van der Waals surface area (Å²) < 4.78 is 29.3. The lowest BCUT2D eigenvalue weighted by Crippen LogP contribution is -2.31. The highest BCUT2D eigenvalue weighted by Crippen LogP contribution is 2.50. The van der Waals surface area contributed by atoms with Crippen molar-refractivity contribution in [2.24, 2.45) is 11.3 Å². The second-order valence-corrected chi connectivity index (χ2v) is 8.90. The van der Waals surface area contributed by atoms with Gasteiger partial charge in [-0.15, -0.1) is 0 Å². The van der Waals surface area contributed by atoms with Gasteiger partial charge in [-0.2, -0.15) is 0 Å². The third-order valence-electron chi connectivity index (χ3n) is 5.06. The first-order valence-corrected chi connectivity index (χ1v) is 9.66. The van der Waals surface area contributed by atoms with E-state index in [0.29, 0.717) is 12.0 Å². The van der Waals surface area contributed by atoms with Crippen molar-refractivity contribution in [3.63, 3.8) is 0 Å². The quantitative estimate of drug-likeness (QED) is 0.687. The van der Waals surface area contributed by atoms with Crippen molar-refractivity contribution in [2.45, 2.75) is 51.0 Å². The van der Waals surface area contributed by atoms with Gasteiger partial charge in [-0.1, -0.05) is 6.42 Å². The highest BCUT2D eigenvalue weighted by atomic mass is 32.2. The lowest BCUT2D eigenvalue weighted by atomic mass is 10.0. The number of nitrogens with one attached hydrogen (secondary N) is 1. The zero-order chi connectivity index (χ0) is 15.5. The van der Waals surface area contributed by atoms with Gasteiger partial charge in [-0.3, -0.25) is 4.79 Å². The number of ether oxygens (including phenoxy) is 1. The summed E-state index contributed by atoms with van der Waals surface area (Å²) in [5.74, 6) is 0.569. The standard InChI is InChI=1S/C15H27NO4S/c1-16-13-5-3-4-12(13)6-9-21(18,19)11-15(7-8-15)10-14(17)20-2/h12-13,16H,3-11H2,1-2H3. The number of rotatable bonds is 8. The molecular weight excluding hydrogens is 290 g/mol. The maximum Gasteiger partial charge on any atom is 0.306 e. The summed E-state index contributed by atoms with van der Waals surface area (Å²) in [6.45, 7) is 0. The second-order valence-electron chi connectivity index (χ2n) is 6.72. The van der Waals surface area contributed by atoms with Crippen LogP contribution >= 0.6 is 0 Å². The summed E-state index contributed by atoms with van der Waals surface area (Å²) in [5.41, 5.74) is -0.329. The first-order valence-electron chi connectivity index (χ1n) is 7.84. The van der Waals surface area contributed by atoms with Crippen LogP contribution in [-0.4, -0.2) is 46.1 Å². The molecule has 6 heteroatoms. The molecule has 2 unspecified atom stereocenters. The van der Waals surface area contributed by atoms with E-state index >= 15 is 0 Å². The fourth-order valence-electron chi connectivity index (χ4n) is 3.56. The number of carbonyl (C=O) groups excluding carboxylic acids is 1. The van der Waals surface area contributed by atoms with Gasteiger partial charge in [-0.05, 0) is 50.5 Å². The van der Waals surface area contributed by atoms with Gasteiger partial charge < -0.3 is 10.1 Å². The zero-order valence-electron chi connectivity index (χ0n) is 13.1. The monoisotopic (exact) mass is 317 g/mol. The van der Waals surface area contributed by atoms with Gasteiger partial charge in [0.05, 0.1) is 25.0 Å². The Bertz CT molecular complexity index is 470. The minimum Gasteiger partial charge on any atom is -0.469 e. The Hall–Kier alpha value is -0.620. The van der Waals surface area contributed by atoms with Crippen molar-refractivity contribution in [1.82, 2.24) is 5.32 Å². The van der Waals surface area contributed by atoms with Crippen molar-refractivity contribution in [3.05, 3.63) is 0 Å². The molecule has 0 spiro atoms. The average molecular weight is 317 g/mol. The van der Waals surface area contributed by atoms with E-state index in [1.54, 1.807) is 0 Å². The van der Waals surface area contributed by atoms with E-state index in [2.05, 4.69) is 10.1 Å². The maximum atomic E-state index is 12.3. The van der Waals surface area contributed by atoms with E-state index in [0.717, 1.165) is 32.1 Å². The number of methoxy groups -OCH3 is 1. The summed E-state index contributed by atoms with van der Waals surface area (Å²) in [7, 11) is 0.218. The molecule has 2 atom stereocenters. The van der Waals surface area contributed by atoms with Crippen LogP contribution in [0.2, 0.25) is 0 Å². The first-order chi connectivity index (χ1) is 9.90. The van der Waals surface area contributed by atoms with Gasteiger partial charge in [0.25, 0.3) is 0 Å². The molecule has 2 aliphatic carbocycles. The Morgan fingerprint density at radius 3 is 2.62 bits per heavy atom. The van der Waals surface area contributed by atoms with Crippen molar-refractivity contribution >= 4 is 15.8 Å². The van der Waals surface area contributed by atoms with Gasteiger partial charge in [0, 0.05) is 6.04 Å². The molecule has 2 saturated carbocycles. The van der Waals surface area contributed by atoms with Crippen LogP contribution in [-0.2, 0) is 19.4 Å². The van der Waals surface area contributed by atoms with Crippen molar-refractivity contribution in [1.29, 1.82) is 0 Å². The lowest BCUT2D eigenvalue weighted by Gasteiger charge is -2.20. The van der Waals surface area contributed by atoms with E-state index in [-0.39, 0.29) is 29.3 Å². The average Bonchev–Trinajstić information content (AvgIpc) is 3.01. The highest BCUT2D eigenvalue weighted by Gasteiger charge is 2.47. The van der Waals surface area contributed by atoms with Crippen molar-refractivity contribution in [2.75, 3.05) is 25.7 Å². The summed E-state index contributed by atoms with van der Waals surface area (Å²) in [6.07, 6.45) is 6.07. The van der Waals surface area contributed by atoms with E-state index < -0.39 is 9.84 Å². The van der Waals surface area contributed by atoms with Crippen LogP contribution in [0.4, 0.5) is 0 Å². The zero-order valence-corrected chi connectivity index (χ0v) is 13.9. The van der Waals surface area contributed by atoms with Crippen LogP contribution in [0.15, 0.2) is 0 Å². The molecule has 5 nitrogen and oxygen atoms in total. The molecule has 0 bridgehead atoms. The molecule has 2 rings (SSSR count). The Morgan fingerprint density at radius 2 is 2.05 bits per heavy atom. The van der Waals surface area contributed by atoms with Crippen LogP contribution < -0.4 is 5.32 Å². The maximum absolute atomic E-state index is 12.3. The second kappa shape index (κ2) is 6.65. The van der Waals surface area contributed by atoms with Gasteiger partial charge >= 0.3 is 5.97 Å². The lowest BCUT2D eigenvalue weighted by molar-refractivity contribution is -0.141. The molecule has 0 heterocycles. The Morgan fingerprint density at radius 1 is 1.33 bits per heavy atom. The van der Waals surface area contributed by atoms with E-state index in [1.165, 1.54) is 13.5 Å². The van der Waals surface area contributed by atoms with E-state index in [1.807, 2.05) is 7.05 Å². The summed E-state index contributed by atoms with van der Waals surface area (Å²) in [6, 6.07) is 0.463. The van der Waals surface area contributed by atoms with Crippen LogP contribution in [0.3, 0.4) is 0 Å². The SMILES string of the molecule is CNC1CCCC1CCS(=O)(=O)CC1(CC(=O)OC)CC1. The molecule has 0 aromatic rings. The molecule has 0 aromatic heterocycles. The molecular formula is C15H27NO4S. The predicted octanol–water partition coefficient (Wildman–Crippen LogP) is 1.52. The smallest absolute Gasteiger partial charge is 0.306 e. The molecule has 2 aliphatic rings. The molecule has 1 N–H and O–H groups in total. The van der Waals surface area contributed by atoms with Gasteiger partial charge in [0.2, 0.25) is 0 Å². The van der Waals surface area contributed by atoms with Gasteiger partial charge in [-0.25, -0.2) is 8.42 Å². The van der Waals surface area contributed by atoms with Crippen molar-refractivity contribution in [3.8, 4) is 0 Å². The molecule has 122 valence electrons. The van der Waals surface area contributed by atoms with Gasteiger partial charge in [0.1, 0.15) is 0 Å². The minimum absolute atomic E-state index is 0.145. The topological polar surface area (TPSA) is 72.5 Å². The third kappa shape index (κ3) is 4.68. The molecule has 0 aromatic carbocycles. The fraction of sp³-hybridized carbons (Fsp3) is 0.933. The Kier molecular flexibility index (Phi) is 5.30. The fourth-order valence-corrected chi connectivity index (χ4v) is 5.69. The number of sulfone groups is 1. The Labute approximate surface area is 127 Å². The van der Waals surface area contributed by atoms with Crippen LogP contribution in [0.5, 0.6) is 0 Å². The highest BCUT2D eigenvalue weighted by molar-refractivity contribution is 7.91. The summed E-state index contributed by atoms with van der Waals surface area (Å²) in [4.78, 5) is 11.4. The largest absolute Gasteiger partial charge is 0.469 e. The first kappa shape index (κ1) is 16.7. The number of hydrogen-bond donors (Lipinski definition) is 1. The predicted molar refractivity (Wildman–Crippen MR) is 81.8 cm³/mol. The van der Waals surface area contributed by atoms with Crippen molar-refractivity contribution < 1.29 is 17.9 Å². The van der Waals surface area contributed by atoms with Crippen LogP contribution in [0, 0.1) is 11.3 Å². The third-order valence-corrected chi connectivity index (χ3v) is 6.97. The van der Waals surface area contributed by atoms with Crippen LogP contribution in [0.25, 0.3) is 0 Å². The summed E-state index contributed by atoms with van der Waals surface area (Å²) in [5, 5.41) is 3.29. The van der Waals surface area contributed by atoms with Gasteiger partial charge in [0.15, 0.2) is 9.84 Å². The number of esters is 1. The Balaban J connectivity index is 1.83. The normalized spacial score (nSPS) is 27.5. The molecule has 21 heavy (non-hydrogen) atoms. The summed E-state index contributed by atoms with van der Waals surface area (Å²) >= 11 is 0. The molecule has 0 aliphatic heterocycles. The number of carbonyl (C=O) groups is 1. The van der Waals surface area contributed by atoms with E-state index in [4.69, 9.17) is 0 Å². The minimum atomic E-state index is -3.09. The molecule has 0 amide bonds. The van der Waals surface area contributed by atoms with E-state index in [9.17, 15) is 13.2 Å². The molecule has 2 fully saturated rings. The van der Waals surface area contributed by atoms with Crippen LogP contribution in [0.1, 0.15) is 44.9 Å². The molecule has 0 saturated heterocycles. The molecule has 0 radical (unpaired) electrons. The number of hydrogen-bond acceptors (Lipinski definition) is 5.